The van der Waals surface area contributed by atoms with E-state index in [4.69, 9.17) is 4.74 Å². The molecule has 0 radical (unpaired) electrons. The van der Waals surface area contributed by atoms with Gasteiger partial charge in [-0.05, 0) is 24.6 Å². The predicted octanol–water partition coefficient (Wildman–Crippen LogP) is 1.60. The number of nitrogens with one attached hydrogen (secondary N) is 1. The van der Waals surface area contributed by atoms with E-state index in [1.54, 1.807) is 4.90 Å². The number of hydrogen-bond acceptors (Lipinski definition) is 5. The number of benzene rings is 1. The van der Waals surface area contributed by atoms with E-state index in [-0.39, 0.29) is 17.2 Å². The SMILES string of the molecule is Cc1ccc2c(c1)N(C(=O)CSc1nccc(=O)[nH]1)CCO2. The molecular weight excluding hydrogens is 302 g/mol. The molecule has 0 spiro atoms. The fourth-order valence-corrected chi connectivity index (χ4v) is 2.94. The van der Waals surface area contributed by atoms with E-state index in [0.717, 1.165) is 17.0 Å². The van der Waals surface area contributed by atoms with Gasteiger partial charge in [0.05, 0.1) is 18.0 Å². The van der Waals surface area contributed by atoms with Gasteiger partial charge in [-0.2, -0.15) is 0 Å². The summed E-state index contributed by atoms with van der Waals surface area (Å²) in [4.78, 5) is 32.0. The van der Waals surface area contributed by atoms with Gasteiger partial charge in [0, 0.05) is 12.3 Å². The van der Waals surface area contributed by atoms with Crippen molar-refractivity contribution in [1.82, 2.24) is 9.97 Å². The Kier molecular flexibility index (Phi) is 4.15. The highest BCUT2D eigenvalue weighted by Gasteiger charge is 2.23. The van der Waals surface area contributed by atoms with E-state index < -0.39 is 0 Å². The Labute approximate surface area is 131 Å². The van der Waals surface area contributed by atoms with Crippen LogP contribution in [0, 0.1) is 6.92 Å². The van der Waals surface area contributed by atoms with Crippen molar-refractivity contribution < 1.29 is 9.53 Å². The molecule has 3 rings (SSSR count). The molecule has 0 fully saturated rings. The summed E-state index contributed by atoms with van der Waals surface area (Å²) >= 11 is 1.22. The lowest BCUT2D eigenvalue weighted by molar-refractivity contribution is -0.116. The number of fused-ring (bicyclic) bond motifs is 1. The molecule has 6 nitrogen and oxygen atoms in total. The van der Waals surface area contributed by atoms with Crippen molar-refractivity contribution in [3.8, 4) is 5.75 Å². The number of hydrogen-bond donors (Lipinski definition) is 1. The van der Waals surface area contributed by atoms with Crippen LogP contribution >= 0.6 is 11.8 Å². The van der Waals surface area contributed by atoms with Gasteiger partial charge in [-0.15, -0.1) is 0 Å². The number of rotatable bonds is 3. The molecule has 114 valence electrons. The van der Waals surface area contributed by atoms with Crippen LogP contribution in [0.1, 0.15) is 5.56 Å². The summed E-state index contributed by atoms with van der Waals surface area (Å²) in [6, 6.07) is 7.13. The lowest BCUT2D eigenvalue weighted by Gasteiger charge is -2.29. The predicted molar refractivity (Wildman–Crippen MR) is 84.6 cm³/mol. The lowest BCUT2D eigenvalue weighted by atomic mass is 10.1. The topological polar surface area (TPSA) is 75.3 Å². The first-order chi connectivity index (χ1) is 10.6. The molecule has 2 aromatic rings. The van der Waals surface area contributed by atoms with Crippen LogP contribution in [0.25, 0.3) is 0 Å². The largest absolute Gasteiger partial charge is 0.490 e. The molecule has 1 aromatic carbocycles. The number of anilines is 1. The molecule has 0 unspecified atom stereocenters. The average Bonchev–Trinajstić information content (AvgIpc) is 2.52. The number of aryl methyl sites for hydroxylation is 1. The number of aromatic nitrogens is 2. The van der Waals surface area contributed by atoms with Gasteiger partial charge in [-0.25, -0.2) is 4.98 Å². The minimum Gasteiger partial charge on any atom is -0.490 e. The average molecular weight is 317 g/mol. The number of H-pyrrole nitrogens is 1. The van der Waals surface area contributed by atoms with Gasteiger partial charge in [0.25, 0.3) is 5.56 Å². The van der Waals surface area contributed by atoms with E-state index in [1.807, 2.05) is 25.1 Å². The van der Waals surface area contributed by atoms with Crippen LogP contribution < -0.4 is 15.2 Å². The highest BCUT2D eigenvalue weighted by atomic mass is 32.2. The monoisotopic (exact) mass is 317 g/mol. The Hall–Kier alpha value is -2.28. The number of ether oxygens (including phenoxy) is 1. The number of carbonyl (C=O) groups is 1. The maximum absolute atomic E-state index is 12.5. The highest BCUT2D eigenvalue weighted by molar-refractivity contribution is 7.99. The van der Waals surface area contributed by atoms with Gasteiger partial charge in [-0.3, -0.25) is 9.59 Å². The van der Waals surface area contributed by atoms with E-state index >= 15 is 0 Å². The first-order valence-electron chi connectivity index (χ1n) is 6.85. The number of amides is 1. The highest BCUT2D eigenvalue weighted by Crippen LogP contribution is 2.32. The standard InChI is InChI=1S/C15H15N3O3S/c1-10-2-3-12-11(8-10)18(6-7-21-12)14(20)9-22-15-16-5-4-13(19)17-15/h2-5,8H,6-7,9H2,1H3,(H,16,17,19). The second-order valence-corrected chi connectivity index (χ2v) is 5.86. The van der Waals surface area contributed by atoms with Crippen molar-refractivity contribution in [3.05, 3.63) is 46.4 Å². The number of aromatic amines is 1. The summed E-state index contributed by atoms with van der Waals surface area (Å²) in [6.07, 6.45) is 1.43. The summed E-state index contributed by atoms with van der Waals surface area (Å²) in [7, 11) is 0. The second kappa shape index (κ2) is 6.23. The van der Waals surface area contributed by atoms with Gasteiger partial charge < -0.3 is 14.6 Å². The van der Waals surface area contributed by atoms with Crippen molar-refractivity contribution in [2.45, 2.75) is 12.1 Å². The zero-order chi connectivity index (χ0) is 15.5. The summed E-state index contributed by atoms with van der Waals surface area (Å²) in [5.74, 6) is 0.897. The zero-order valence-electron chi connectivity index (χ0n) is 12.0. The van der Waals surface area contributed by atoms with Crippen LogP contribution in [-0.2, 0) is 4.79 Å². The number of carbonyl (C=O) groups excluding carboxylic acids is 1. The third-order valence-electron chi connectivity index (χ3n) is 3.26. The van der Waals surface area contributed by atoms with E-state index in [1.165, 1.54) is 24.0 Å². The first kappa shape index (κ1) is 14.6. The zero-order valence-corrected chi connectivity index (χ0v) is 12.9. The smallest absolute Gasteiger partial charge is 0.251 e. The molecule has 1 amide bonds. The second-order valence-electron chi connectivity index (χ2n) is 4.89. The van der Waals surface area contributed by atoms with Crippen LogP contribution in [0.4, 0.5) is 5.69 Å². The molecule has 2 heterocycles. The summed E-state index contributed by atoms with van der Waals surface area (Å²) in [6.45, 7) is 2.98. The molecule has 0 aliphatic carbocycles. The Morgan fingerprint density at radius 1 is 1.45 bits per heavy atom. The van der Waals surface area contributed by atoms with E-state index in [0.29, 0.717) is 18.3 Å². The van der Waals surface area contributed by atoms with Gasteiger partial charge in [0.1, 0.15) is 12.4 Å². The Morgan fingerprint density at radius 3 is 3.14 bits per heavy atom. The summed E-state index contributed by atoms with van der Waals surface area (Å²) in [5, 5.41) is 0.443. The third-order valence-corrected chi connectivity index (χ3v) is 4.13. The van der Waals surface area contributed by atoms with Crippen LogP contribution in [0.15, 0.2) is 40.4 Å². The molecule has 1 N–H and O–H groups in total. The van der Waals surface area contributed by atoms with Crippen molar-refractivity contribution in [2.75, 3.05) is 23.8 Å². The fraction of sp³-hybridized carbons (Fsp3) is 0.267. The molecule has 0 saturated carbocycles. The van der Waals surface area contributed by atoms with Crippen LogP contribution in [-0.4, -0.2) is 34.8 Å². The normalized spacial score (nSPS) is 13.4. The molecule has 0 atom stereocenters. The van der Waals surface area contributed by atoms with Crippen molar-refractivity contribution in [3.63, 3.8) is 0 Å². The number of nitrogens with zero attached hydrogens (tertiary/aromatic N) is 2. The van der Waals surface area contributed by atoms with Crippen molar-refractivity contribution >= 4 is 23.4 Å². The van der Waals surface area contributed by atoms with Gasteiger partial charge in [-0.1, -0.05) is 17.8 Å². The van der Waals surface area contributed by atoms with Crippen LogP contribution in [0.5, 0.6) is 5.75 Å². The molecular formula is C15H15N3O3S. The molecule has 1 aliphatic rings. The molecule has 0 bridgehead atoms. The third kappa shape index (κ3) is 3.14. The summed E-state index contributed by atoms with van der Waals surface area (Å²) < 4.78 is 5.58. The molecule has 0 saturated heterocycles. The Balaban J connectivity index is 1.74. The van der Waals surface area contributed by atoms with Crippen molar-refractivity contribution in [2.24, 2.45) is 0 Å². The molecule has 1 aliphatic heterocycles. The Morgan fingerprint density at radius 2 is 2.32 bits per heavy atom. The lowest BCUT2D eigenvalue weighted by Crippen LogP contribution is -2.39. The van der Waals surface area contributed by atoms with Gasteiger partial charge in [0.2, 0.25) is 5.91 Å². The molecule has 7 heteroatoms. The van der Waals surface area contributed by atoms with Gasteiger partial charge in [0.15, 0.2) is 5.16 Å². The Bertz CT molecular complexity index is 760. The molecule has 22 heavy (non-hydrogen) atoms. The quantitative estimate of drug-likeness (QED) is 0.687. The number of thioether (sulfide) groups is 1. The van der Waals surface area contributed by atoms with Crippen LogP contribution in [0.3, 0.4) is 0 Å². The first-order valence-corrected chi connectivity index (χ1v) is 7.84. The minimum absolute atomic E-state index is 0.0355. The summed E-state index contributed by atoms with van der Waals surface area (Å²) in [5.41, 5.74) is 1.65. The van der Waals surface area contributed by atoms with Crippen LogP contribution in [0.2, 0.25) is 0 Å². The maximum atomic E-state index is 12.5. The van der Waals surface area contributed by atoms with E-state index in [9.17, 15) is 9.59 Å². The molecule has 1 aromatic heterocycles. The minimum atomic E-state index is -0.225. The van der Waals surface area contributed by atoms with E-state index in [2.05, 4.69) is 9.97 Å². The maximum Gasteiger partial charge on any atom is 0.251 e. The fourth-order valence-electron chi connectivity index (χ4n) is 2.22. The van der Waals surface area contributed by atoms with Gasteiger partial charge >= 0.3 is 0 Å². The van der Waals surface area contributed by atoms with Crippen molar-refractivity contribution in [1.29, 1.82) is 0 Å².